The van der Waals surface area contributed by atoms with Crippen molar-refractivity contribution in [3.8, 4) is 0 Å². The summed E-state index contributed by atoms with van der Waals surface area (Å²) in [6, 6.07) is 7.66. The summed E-state index contributed by atoms with van der Waals surface area (Å²) < 4.78 is 25.2. The minimum absolute atomic E-state index is 0. The SMILES string of the molecule is I.O=S1(=O)CCCN1c1ccc(CNC2=NCCCN2)cc1. The van der Waals surface area contributed by atoms with Crippen LogP contribution in [0, 0.1) is 0 Å². The summed E-state index contributed by atoms with van der Waals surface area (Å²) in [4.78, 5) is 4.35. The van der Waals surface area contributed by atoms with E-state index in [1.807, 2.05) is 24.3 Å². The molecule has 8 heteroatoms. The molecule has 1 fully saturated rings. The number of guanidine groups is 1. The number of aliphatic imine (C=N–C) groups is 1. The summed E-state index contributed by atoms with van der Waals surface area (Å²) in [5.74, 6) is 1.09. The first-order chi connectivity index (χ1) is 10.1. The molecule has 3 rings (SSSR count). The zero-order valence-corrected chi connectivity index (χ0v) is 15.4. The van der Waals surface area contributed by atoms with Crippen LogP contribution >= 0.6 is 24.0 Å². The second kappa shape index (κ2) is 7.49. The molecule has 0 aliphatic carbocycles. The molecule has 0 radical (unpaired) electrons. The molecule has 0 aromatic heterocycles. The van der Waals surface area contributed by atoms with E-state index in [2.05, 4.69) is 15.6 Å². The van der Waals surface area contributed by atoms with Crippen LogP contribution < -0.4 is 14.9 Å². The minimum atomic E-state index is -3.09. The first kappa shape index (κ1) is 17.3. The van der Waals surface area contributed by atoms with Crippen LogP contribution in [0.4, 0.5) is 5.69 Å². The van der Waals surface area contributed by atoms with Crippen LogP contribution in [0.15, 0.2) is 29.3 Å². The Morgan fingerprint density at radius 3 is 2.59 bits per heavy atom. The van der Waals surface area contributed by atoms with Crippen LogP contribution in [0.3, 0.4) is 0 Å². The molecule has 0 amide bonds. The van der Waals surface area contributed by atoms with Gasteiger partial charge in [0.25, 0.3) is 0 Å². The lowest BCUT2D eigenvalue weighted by atomic mass is 10.2. The normalized spacial score (nSPS) is 19.8. The molecule has 0 bridgehead atoms. The Bertz CT molecular complexity index is 631. The van der Waals surface area contributed by atoms with Crippen molar-refractivity contribution in [3.63, 3.8) is 0 Å². The van der Waals surface area contributed by atoms with Gasteiger partial charge in [-0.05, 0) is 30.5 Å². The van der Waals surface area contributed by atoms with Gasteiger partial charge in [-0.1, -0.05) is 12.1 Å². The van der Waals surface area contributed by atoms with E-state index in [0.29, 0.717) is 19.5 Å². The molecule has 2 aliphatic heterocycles. The number of hydrogen-bond donors (Lipinski definition) is 2. The molecule has 1 aromatic carbocycles. The monoisotopic (exact) mass is 436 g/mol. The largest absolute Gasteiger partial charge is 0.356 e. The van der Waals surface area contributed by atoms with Gasteiger partial charge in [-0.25, -0.2) is 8.42 Å². The fourth-order valence-electron chi connectivity index (χ4n) is 2.55. The van der Waals surface area contributed by atoms with Gasteiger partial charge in [0.1, 0.15) is 0 Å². The van der Waals surface area contributed by atoms with Gasteiger partial charge in [0.15, 0.2) is 5.96 Å². The first-order valence-corrected chi connectivity index (χ1v) is 8.88. The van der Waals surface area contributed by atoms with Gasteiger partial charge in [0, 0.05) is 26.2 Å². The minimum Gasteiger partial charge on any atom is -0.356 e. The Hall–Kier alpha value is -1.03. The molecule has 122 valence electrons. The highest BCUT2D eigenvalue weighted by molar-refractivity contribution is 14.0. The Morgan fingerprint density at radius 1 is 1.23 bits per heavy atom. The van der Waals surface area contributed by atoms with Gasteiger partial charge >= 0.3 is 0 Å². The van der Waals surface area contributed by atoms with Crippen molar-refractivity contribution in [2.45, 2.75) is 19.4 Å². The lowest BCUT2D eigenvalue weighted by molar-refractivity contribution is 0.599. The third-order valence-electron chi connectivity index (χ3n) is 3.68. The van der Waals surface area contributed by atoms with Crippen molar-refractivity contribution in [2.24, 2.45) is 4.99 Å². The van der Waals surface area contributed by atoms with Crippen LogP contribution in [-0.4, -0.2) is 39.8 Å². The van der Waals surface area contributed by atoms with Gasteiger partial charge in [0.05, 0.1) is 11.4 Å². The summed E-state index contributed by atoms with van der Waals surface area (Å²) >= 11 is 0. The Labute approximate surface area is 148 Å². The van der Waals surface area contributed by atoms with E-state index in [4.69, 9.17) is 0 Å². The van der Waals surface area contributed by atoms with Gasteiger partial charge in [-0.15, -0.1) is 24.0 Å². The van der Waals surface area contributed by atoms with Crippen LogP contribution in [-0.2, 0) is 16.6 Å². The van der Waals surface area contributed by atoms with Crippen LogP contribution in [0.5, 0.6) is 0 Å². The van der Waals surface area contributed by atoms with Gasteiger partial charge in [-0.2, -0.15) is 0 Å². The maximum atomic E-state index is 11.9. The smallest absolute Gasteiger partial charge is 0.235 e. The standard InChI is InChI=1S/C14H20N4O2S.HI/c19-21(20)10-2-9-18(21)13-5-3-12(4-6-13)11-17-14-15-7-1-8-16-14;/h3-6H,1-2,7-11H2,(H2,15,16,17);1H. The molecule has 0 atom stereocenters. The number of hydrogen-bond acceptors (Lipinski definition) is 5. The predicted molar refractivity (Wildman–Crippen MR) is 99.4 cm³/mol. The highest BCUT2D eigenvalue weighted by Gasteiger charge is 2.28. The van der Waals surface area contributed by atoms with Crippen molar-refractivity contribution in [3.05, 3.63) is 29.8 Å². The van der Waals surface area contributed by atoms with Crippen molar-refractivity contribution >= 4 is 45.6 Å². The molecule has 0 spiro atoms. The number of rotatable bonds is 3. The number of sulfonamides is 1. The highest BCUT2D eigenvalue weighted by Crippen LogP contribution is 2.24. The number of halogens is 1. The molecule has 1 aromatic rings. The molecule has 2 heterocycles. The molecule has 0 unspecified atom stereocenters. The molecular weight excluding hydrogens is 415 g/mol. The quantitative estimate of drug-likeness (QED) is 0.701. The summed E-state index contributed by atoms with van der Waals surface area (Å²) in [5, 5.41) is 6.46. The van der Waals surface area contributed by atoms with E-state index >= 15 is 0 Å². The van der Waals surface area contributed by atoms with E-state index in [1.165, 1.54) is 4.31 Å². The number of nitrogens with zero attached hydrogens (tertiary/aromatic N) is 2. The van der Waals surface area contributed by atoms with E-state index in [-0.39, 0.29) is 29.7 Å². The summed E-state index contributed by atoms with van der Waals surface area (Å²) in [5.41, 5.74) is 1.86. The fourth-order valence-corrected chi connectivity index (χ4v) is 4.11. The molecular formula is C14H21IN4O2S. The topological polar surface area (TPSA) is 73.8 Å². The van der Waals surface area contributed by atoms with Crippen LogP contribution in [0.1, 0.15) is 18.4 Å². The lowest BCUT2D eigenvalue weighted by Crippen LogP contribution is -2.40. The highest BCUT2D eigenvalue weighted by atomic mass is 127. The maximum Gasteiger partial charge on any atom is 0.235 e. The first-order valence-electron chi connectivity index (χ1n) is 7.27. The van der Waals surface area contributed by atoms with E-state index in [0.717, 1.165) is 36.7 Å². The number of benzene rings is 1. The third-order valence-corrected chi connectivity index (χ3v) is 5.55. The van der Waals surface area contributed by atoms with Crippen molar-refractivity contribution < 1.29 is 8.42 Å². The molecule has 2 N–H and O–H groups in total. The van der Waals surface area contributed by atoms with Crippen molar-refractivity contribution in [1.29, 1.82) is 0 Å². The predicted octanol–water partition coefficient (Wildman–Crippen LogP) is 1.28. The molecule has 2 aliphatic rings. The van der Waals surface area contributed by atoms with Crippen molar-refractivity contribution in [1.82, 2.24) is 10.6 Å². The van der Waals surface area contributed by atoms with E-state index in [1.54, 1.807) is 0 Å². The van der Waals surface area contributed by atoms with Gasteiger partial charge in [-0.3, -0.25) is 9.30 Å². The Morgan fingerprint density at radius 2 is 2.00 bits per heavy atom. The van der Waals surface area contributed by atoms with Crippen LogP contribution in [0.25, 0.3) is 0 Å². The summed E-state index contributed by atoms with van der Waals surface area (Å²) in [6.07, 6.45) is 1.78. The van der Waals surface area contributed by atoms with Crippen LogP contribution in [0.2, 0.25) is 0 Å². The zero-order chi connectivity index (χ0) is 14.7. The summed E-state index contributed by atoms with van der Waals surface area (Å²) in [6.45, 7) is 3.08. The van der Waals surface area contributed by atoms with E-state index < -0.39 is 10.0 Å². The average molecular weight is 436 g/mol. The number of nitrogens with one attached hydrogen (secondary N) is 2. The average Bonchev–Trinajstić information content (AvgIpc) is 2.86. The Kier molecular flexibility index (Phi) is 5.90. The van der Waals surface area contributed by atoms with Gasteiger partial charge in [0.2, 0.25) is 10.0 Å². The molecule has 22 heavy (non-hydrogen) atoms. The summed E-state index contributed by atoms with van der Waals surface area (Å²) in [7, 11) is -3.09. The number of anilines is 1. The molecule has 0 saturated carbocycles. The fraction of sp³-hybridized carbons (Fsp3) is 0.500. The van der Waals surface area contributed by atoms with E-state index in [9.17, 15) is 8.42 Å². The maximum absolute atomic E-state index is 11.9. The molecule has 1 saturated heterocycles. The van der Waals surface area contributed by atoms with Crippen molar-refractivity contribution in [2.75, 3.05) is 29.7 Å². The zero-order valence-electron chi connectivity index (χ0n) is 12.3. The van der Waals surface area contributed by atoms with Gasteiger partial charge < -0.3 is 10.6 Å². The Balaban J connectivity index is 0.00000176. The lowest BCUT2D eigenvalue weighted by Gasteiger charge is -2.18. The second-order valence-corrected chi connectivity index (χ2v) is 7.29. The molecule has 6 nitrogen and oxygen atoms in total. The second-order valence-electron chi connectivity index (χ2n) is 5.27. The third kappa shape index (κ3) is 4.03.